The van der Waals surface area contributed by atoms with Crippen LogP contribution in [0.1, 0.15) is 51.8 Å². The number of carbonyl (C=O) groups is 4. The number of nitrogens with one attached hydrogen (secondary N) is 2. The first-order valence-corrected chi connectivity index (χ1v) is 13.5. The number of hydrogen-bond acceptors (Lipinski definition) is 8. The summed E-state index contributed by atoms with van der Waals surface area (Å²) >= 11 is 1.57. The molecule has 0 bridgehead atoms. The molecule has 1 aromatic carbocycles. The Kier molecular flexibility index (Phi) is 9.61. The van der Waals surface area contributed by atoms with Crippen LogP contribution in [-0.2, 0) is 30.5 Å². The fourth-order valence-corrected chi connectivity index (χ4v) is 5.15. The van der Waals surface area contributed by atoms with Gasteiger partial charge in [0.1, 0.15) is 18.5 Å². The number of nitrogens with zero attached hydrogens (tertiary/aromatic N) is 2. The van der Waals surface area contributed by atoms with E-state index >= 15 is 0 Å². The SMILES string of the molecule is CCOC(=O)CC(=O)N[C@H](C(=O)N1C[C@H](O)C[C@H]1C(=O)NCc1ccc(-c2scnc2C)cc1)C(C)(C)C. The third-order valence-corrected chi connectivity index (χ3v) is 7.30. The Morgan fingerprint density at radius 3 is 2.47 bits per heavy atom. The van der Waals surface area contributed by atoms with Crippen molar-refractivity contribution >= 4 is 35.0 Å². The van der Waals surface area contributed by atoms with Crippen LogP contribution in [0.15, 0.2) is 29.8 Å². The van der Waals surface area contributed by atoms with Gasteiger partial charge in [-0.05, 0) is 30.4 Å². The summed E-state index contributed by atoms with van der Waals surface area (Å²) in [7, 11) is 0. The van der Waals surface area contributed by atoms with Gasteiger partial charge in [0.05, 0.1) is 28.8 Å². The minimum absolute atomic E-state index is 0.0276. The molecule has 0 unspecified atom stereocenters. The molecule has 0 spiro atoms. The predicted molar refractivity (Wildman–Crippen MR) is 143 cm³/mol. The summed E-state index contributed by atoms with van der Waals surface area (Å²) in [5, 5.41) is 15.8. The van der Waals surface area contributed by atoms with Crippen molar-refractivity contribution in [2.45, 2.75) is 72.2 Å². The van der Waals surface area contributed by atoms with Crippen LogP contribution < -0.4 is 10.6 Å². The summed E-state index contributed by atoms with van der Waals surface area (Å²) in [6, 6.07) is 5.91. The predicted octanol–water partition coefficient (Wildman–Crippen LogP) is 2.18. The van der Waals surface area contributed by atoms with Crippen LogP contribution >= 0.6 is 11.3 Å². The first-order valence-electron chi connectivity index (χ1n) is 12.6. The van der Waals surface area contributed by atoms with Crippen LogP contribution in [-0.4, -0.2) is 70.0 Å². The molecule has 10 nitrogen and oxygen atoms in total. The molecule has 1 fully saturated rings. The van der Waals surface area contributed by atoms with Crippen LogP contribution in [0.5, 0.6) is 0 Å². The Labute approximate surface area is 226 Å². The molecule has 2 aromatic rings. The van der Waals surface area contributed by atoms with Crippen LogP contribution in [0.4, 0.5) is 0 Å². The summed E-state index contributed by atoms with van der Waals surface area (Å²) in [5.41, 5.74) is 3.99. The third-order valence-electron chi connectivity index (χ3n) is 6.32. The minimum atomic E-state index is -1.01. The fraction of sp³-hybridized carbons (Fsp3) is 0.519. The van der Waals surface area contributed by atoms with E-state index in [1.807, 2.05) is 31.2 Å². The standard InChI is InChI=1S/C27H36N4O6S/c1-6-37-22(34)12-21(33)30-24(27(3,4)5)26(36)31-14-19(32)11-20(31)25(35)28-13-17-7-9-18(10-8-17)23-16(2)29-15-38-23/h7-10,15,19-20,24,32H,6,11-14H2,1-5H3,(H,28,35)(H,30,33)/t19-,20+,24-/m1/s1. The third kappa shape index (κ3) is 7.38. The molecule has 2 heterocycles. The number of aliphatic hydroxyl groups excluding tert-OH is 1. The van der Waals surface area contributed by atoms with Crippen molar-refractivity contribution in [3.05, 3.63) is 41.0 Å². The number of carbonyl (C=O) groups excluding carboxylic acids is 4. The highest BCUT2D eigenvalue weighted by Crippen LogP contribution is 2.28. The molecule has 0 radical (unpaired) electrons. The van der Waals surface area contributed by atoms with E-state index in [1.54, 1.807) is 44.5 Å². The molecule has 1 aliphatic heterocycles. The average molecular weight is 545 g/mol. The van der Waals surface area contributed by atoms with Gasteiger partial charge in [0.2, 0.25) is 17.7 Å². The zero-order valence-corrected chi connectivity index (χ0v) is 23.3. The summed E-state index contributed by atoms with van der Waals surface area (Å²) < 4.78 is 4.81. The molecule has 3 rings (SSSR count). The fourth-order valence-electron chi connectivity index (χ4n) is 4.34. The quantitative estimate of drug-likeness (QED) is 0.325. The number of benzene rings is 1. The van der Waals surface area contributed by atoms with Gasteiger partial charge in [-0.2, -0.15) is 0 Å². The molecular weight excluding hydrogens is 508 g/mol. The number of β-amino-alcohol motifs (C(OH)–C–C–N with tert-alkyl or cyclic N) is 1. The van der Waals surface area contributed by atoms with Crippen LogP contribution in [0.3, 0.4) is 0 Å². The van der Waals surface area contributed by atoms with Crippen molar-refractivity contribution in [2.75, 3.05) is 13.2 Å². The zero-order chi connectivity index (χ0) is 28.0. The Balaban J connectivity index is 1.66. The number of aromatic nitrogens is 1. The van der Waals surface area contributed by atoms with E-state index in [9.17, 15) is 24.3 Å². The smallest absolute Gasteiger partial charge is 0.315 e. The lowest BCUT2D eigenvalue weighted by molar-refractivity contribution is -0.148. The second-order valence-corrected chi connectivity index (χ2v) is 11.3. The largest absolute Gasteiger partial charge is 0.466 e. The number of aryl methyl sites for hydroxylation is 1. The minimum Gasteiger partial charge on any atom is -0.466 e. The molecule has 3 atom stereocenters. The van der Waals surface area contributed by atoms with Crippen LogP contribution in [0.2, 0.25) is 0 Å². The van der Waals surface area contributed by atoms with Crippen LogP contribution in [0.25, 0.3) is 10.4 Å². The van der Waals surface area contributed by atoms with Gasteiger partial charge in [0, 0.05) is 19.5 Å². The normalized spacial score (nSPS) is 18.1. The first kappa shape index (κ1) is 29.2. The summed E-state index contributed by atoms with van der Waals surface area (Å²) in [4.78, 5) is 57.5. The molecule has 0 aliphatic carbocycles. The Hall–Kier alpha value is -3.31. The van der Waals surface area contributed by atoms with E-state index < -0.39 is 47.8 Å². The molecule has 38 heavy (non-hydrogen) atoms. The van der Waals surface area contributed by atoms with Gasteiger partial charge in [-0.1, -0.05) is 45.0 Å². The van der Waals surface area contributed by atoms with Crippen molar-refractivity contribution < 1.29 is 29.0 Å². The molecular formula is C27H36N4O6S. The maximum Gasteiger partial charge on any atom is 0.315 e. The summed E-state index contributed by atoms with van der Waals surface area (Å²) in [6.07, 6.45) is -1.29. The Morgan fingerprint density at radius 1 is 1.21 bits per heavy atom. The van der Waals surface area contributed by atoms with Crippen molar-refractivity contribution in [3.8, 4) is 10.4 Å². The highest BCUT2D eigenvalue weighted by Gasteiger charge is 2.44. The zero-order valence-electron chi connectivity index (χ0n) is 22.4. The molecule has 206 valence electrons. The lowest BCUT2D eigenvalue weighted by atomic mass is 9.85. The van der Waals surface area contributed by atoms with Gasteiger partial charge in [-0.3, -0.25) is 19.2 Å². The van der Waals surface area contributed by atoms with Gasteiger partial charge >= 0.3 is 5.97 Å². The maximum atomic E-state index is 13.6. The number of hydrogen-bond donors (Lipinski definition) is 3. The number of aliphatic hydroxyl groups is 1. The number of thiazole rings is 1. The first-order chi connectivity index (χ1) is 17.9. The topological polar surface area (TPSA) is 138 Å². The number of amides is 3. The van der Waals surface area contributed by atoms with E-state index in [4.69, 9.17) is 4.74 Å². The number of esters is 1. The van der Waals surface area contributed by atoms with E-state index in [-0.39, 0.29) is 32.0 Å². The lowest BCUT2D eigenvalue weighted by Gasteiger charge is -2.35. The molecule has 11 heteroatoms. The van der Waals surface area contributed by atoms with Crippen LogP contribution in [0, 0.1) is 12.3 Å². The van der Waals surface area contributed by atoms with Crippen molar-refractivity contribution in [3.63, 3.8) is 0 Å². The molecule has 1 aromatic heterocycles. The van der Waals surface area contributed by atoms with Gasteiger partial charge in [0.15, 0.2) is 0 Å². The number of rotatable bonds is 9. The highest BCUT2D eigenvalue weighted by molar-refractivity contribution is 7.13. The van der Waals surface area contributed by atoms with E-state index in [0.29, 0.717) is 0 Å². The Bertz CT molecular complexity index is 1160. The maximum absolute atomic E-state index is 13.6. The molecule has 1 saturated heterocycles. The highest BCUT2D eigenvalue weighted by atomic mass is 32.1. The van der Waals surface area contributed by atoms with Crippen molar-refractivity contribution in [1.29, 1.82) is 0 Å². The lowest BCUT2D eigenvalue weighted by Crippen LogP contribution is -2.57. The summed E-state index contributed by atoms with van der Waals surface area (Å²) in [5.74, 6) is -2.21. The molecule has 3 amide bonds. The molecule has 1 aliphatic rings. The average Bonchev–Trinajstić information content (AvgIpc) is 3.45. The van der Waals surface area contributed by atoms with Gasteiger partial charge < -0.3 is 25.4 Å². The monoisotopic (exact) mass is 544 g/mol. The van der Waals surface area contributed by atoms with Gasteiger partial charge in [0.25, 0.3) is 0 Å². The second kappa shape index (κ2) is 12.5. The number of likely N-dealkylation sites (tertiary alicyclic amines) is 1. The van der Waals surface area contributed by atoms with Gasteiger partial charge in [-0.15, -0.1) is 11.3 Å². The second-order valence-electron chi connectivity index (χ2n) is 10.4. The molecule has 3 N–H and O–H groups in total. The van der Waals surface area contributed by atoms with E-state index in [2.05, 4.69) is 15.6 Å². The van der Waals surface area contributed by atoms with E-state index in [1.165, 1.54) is 4.90 Å². The molecule has 0 saturated carbocycles. The van der Waals surface area contributed by atoms with E-state index in [0.717, 1.165) is 21.7 Å². The summed E-state index contributed by atoms with van der Waals surface area (Å²) in [6.45, 7) is 9.30. The Morgan fingerprint density at radius 2 is 1.89 bits per heavy atom. The number of ether oxygens (including phenoxy) is 1. The van der Waals surface area contributed by atoms with Crippen molar-refractivity contribution in [2.24, 2.45) is 5.41 Å². The van der Waals surface area contributed by atoms with Crippen molar-refractivity contribution in [1.82, 2.24) is 20.5 Å². The van der Waals surface area contributed by atoms with Gasteiger partial charge in [-0.25, -0.2) is 4.98 Å².